The summed E-state index contributed by atoms with van der Waals surface area (Å²) >= 11 is 3.03. The Morgan fingerprint density at radius 1 is 0.717 bits per heavy atom. The van der Waals surface area contributed by atoms with Crippen molar-refractivity contribution < 1.29 is 38.9 Å². The molecule has 16 nitrogen and oxygen atoms in total. The molecule has 0 aliphatic rings. The van der Waals surface area contributed by atoms with Crippen LogP contribution in [0.4, 0.5) is 26.7 Å². The molecule has 20 heteroatoms. The molecule has 5 rings (SSSR count). The van der Waals surface area contributed by atoms with Gasteiger partial charge in [-0.3, -0.25) is 4.79 Å². The molecule has 60 heavy (non-hydrogen) atoms. The Balaban J connectivity index is 0.000000249. The number of rotatable bonds is 19. The second-order valence-corrected chi connectivity index (χ2v) is 16.6. The minimum atomic E-state index is -1.07. The first kappa shape index (κ1) is 48.8. The lowest BCUT2D eigenvalue weighted by Gasteiger charge is -2.13. The maximum absolute atomic E-state index is 11.7. The van der Waals surface area contributed by atoms with Crippen molar-refractivity contribution in [2.24, 2.45) is 0 Å². The average molecular weight is 897 g/mol. The number of fused-ring (bicyclic) bond motifs is 1. The minimum absolute atomic E-state index is 0.123. The number of carbonyl (C=O) groups excluding carboxylic acids is 3. The van der Waals surface area contributed by atoms with Gasteiger partial charge in [0.2, 0.25) is 5.91 Å². The van der Waals surface area contributed by atoms with Crippen molar-refractivity contribution in [2.45, 2.75) is 25.6 Å². The van der Waals surface area contributed by atoms with Crippen molar-refractivity contribution in [1.29, 1.82) is 0 Å². The molecule has 1 heterocycles. The summed E-state index contributed by atoms with van der Waals surface area (Å²) in [7, 11) is 2.91. The standard InChI is InChI=1S/C18H21N3O3S2.C12H15NO4S.C10H12N4OS/c1-13(22)20-17(18(23)24)11-25-26-12-19-14-7-9-16(10-8-14)21-15-5-3-2-4-6-15;1-18-8-10(11(14)15)13-12(16)17-7-9-5-3-2-4-6-9;1-16-7-6-11-10(15)14-9-5-3-2-4-8(9)12-13-14/h2-10,17,19,21H,11-12H2,1H3,(H,20,22)(H,23,24);2-6,10H,7-8H2,1H3,(H,13,16)(H,14,15);2-5H,6-7H2,1H3,(H,11,15). The molecule has 0 fully saturated rings. The number of anilines is 3. The topological polar surface area (TPSA) is 226 Å². The molecule has 0 aliphatic carbocycles. The second kappa shape index (κ2) is 28.0. The summed E-state index contributed by atoms with van der Waals surface area (Å²) < 4.78 is 6.22. The molecule has 3 amide bonds. The van der Waals surface area contributed by atoms with Crippen LogP contribution in [0.25, 0.3) is 11.0 Å². The Bertz CT molecular complexity index is 2070. The third kappa shape index (κ3) is 19.0. The van der Waals surface area contributed by atoms with Gasteiger partial charge in [-0.1, -0.05) is 87.5 Å². The molecule has 0 spiro atoms. The van der Waals surface area contributed by atoms with E-state index < -0.39 is 30.1 Å². The fourth-order valence-electron chi connectivity index (χ4n) is 4.65. The number of ether oxygens (including phenoxy) is 1. The number of nitrogens with zero attached hydrogens (tertiary/aromatic N) is 3. The highest BCUT2D eigenvalue weighted by Crippen LogP contribution is 2.24. The molecular formula is C40H48N8O8S4. The van der Waals surface area contributed by atoms with E-state index in [1.54, 1.807) is 18.0 Å². The highest BCUT2D eigenvalue weighted by molar-refractivity contribution is 8.76. The zero-order chi connectivity index (χ0) is 43.5. The van der Waals surface area contributed by atoms with Crippen LogP contribution >= 0.6 is 45.1 Å². The van der Waals surface area contributed by atoms with Gasteiger partial charge in [0.25, 0.3) is 0 Å². The molecule has 1 aromatic heterocycles. The van der Waals surface area contributed by atoms with Gasteiger partial charge in [-0.05, 0) is 66.6 Å². The first-order valence-corrected chi connectivity index (χ1v) is 23.4. The fourth-order valence-corrected chi connectivity index (χ4v) is 7.41. The van der Waals surface area contributed by atoms with Crippen LogP contribution in [0.1, 0.15) is 12.5 Å². The predicted octanol–water partition coefficient (Wildman–Crippen LogP) is 6.85. The smallest absolute Gasteiger partial charge is 0.408 e. The lowest BCUT2D eigenvalue weighted by molar-refractivity contribution is -0.140. The van der Waals surface area contributed by atoms with E-state index in [1.165, 1.54) is 45.0 Å². The van der Waals surface area contributed by atoms with Crippen molar-refractivity contribution in [3.05, 3.63) is 115 Å². The second-order valence-electron chi connectivity index (χ2n) is 12.2. The van der Waals surface area contributed by atoms with Gasteiger partial charge < -0.3 is 41.5 Å². The van der Waals surface area contributed by atoms with Crippen LogP contribution in [0.3, 0.4) is 0 Å². The largest absolute Gasteiger partial charge is 0.480 e. The zero-order valence-electron chi connectivity index (χ0n) is 33.1. The number of benzene rings is 4. The summed E-state index contributed by atoms with van der Waals surface area (Å²) in [6, 6.07) is 32.4. The molecule has 2 atom stereocenters. The maximum atomic E-state index is 11.7. The minimum Gasteiger partial charge on any atom is -0.480 e. The van der Waals surface area contributed by atoms with Crippen molar-refractivity contribution in [2.75, 3.05) is 52.8 Å². The zero-order valence-corrected chi connectivity index (χ0v) is 36.4. The Morgan fingerprint density at radius 3 is 1.95 bits per heavy atom. The monoisotopic (exact) mass is 896 g/mol. The molecule has 0 saturated heterocycles. The van der Waals surface area contributed by atoms with Gasteiger partial charge in [-0.25, -0.2) is 19.2 Å². The molecule has 4 aromatic carbocycles. The SMILES string of the molecule is CC(=O)NC(CSSCNc1ccc(Nc2ccccc2)cc1)C(=O)O.CSCC(NC(=O)OCc1ccccc1)C(=O)O.CSCCNC(=O)n1nnc2ccccc21. The van der Waals surface area contributed by atoms with E-state index in [9.17, 15) is 24.0 Å². The van der Waals surface area contributed by atoms with Gasteiger partial charge in [0, 0.05) is 47.8 Å². The van der Waals surface area contributed by atoms with Crippen LogP contribution in [-0.2, 0) is 25.7 Å². The van der Waals surface area contributed by atoms with Crippen LogP contribution in [0.15, 0.2) is 109 Å². The van der Waals surface area contributed by atoms with Gasteiger partial charge >= 0.3 is 24.1 Å². The first-order chi connectivity index (χ1) is 29.0. The summed E-state index contributed by atoms with van der Waals surface area (Å²) in [4.78, 5) is 55.9. The number of aromatic nitrogens is 3. The Hall–Kier alpha value is -5.57. The predicted molar refractivity (Wildman–Crippen MR) is 244 cm³/mol. The lowest BCUT2D eigenvalue weighted by atomic mass is 10.2. The summed E-state index contributed by atoms with van der Waals surface area (Å²) in [6.07, 6.45) is 3.05. The van der Waals surface area contributed by atoms with Gasteiger partial charge in [-0.2, -0.15) is 28.2 Å². The number of alkyl carbamates (subject to hydrolysis) is 1. The number of hydrogen-bond acceptors (Lipinski definition) is 14. The van der Waals surface area contributed by atoms with Gasteiger partial charge in [0.1, 0.15) is 24.2 Å². The van der Waals surface area contributed by atoms with Crippen molar-refractivity contribution in [3.8, 4) is 0 Å². The molecule has 0 bridgehead atoms. The summed E-state index contributed by atoms with van der Waals surface area (Å²) in [6.45, 7) is 2.07. The number of thioether (sulfide) groups is 2. The lowest BCUT2D eigenvalue weighted by Crippen LogP contribution is -2.42. The highest BCUT2D eigenvalue weighted by atomic mass is 33.1. The molecule has 0 radical (unpaired) electrons. The van der Waals surface area contributed by atoms with Crippen molar-refractivity contribution >= 4 is 103 Å². The summed E-state index contributed by atoms with van der Waals surface area (Å²) in [5.74, 6) is -0.313. The molecule has 5 aromatic rings. The molecule has 7 N–H and O–H groups in total. The Morgan fingerprint density at radius 2 is 1.32 bits per heavy atom. The Labute approximate surface area is 364 Å². The van der Waals surface area contributed by atoms with Crippen LogP contribution in [-0.4, -0.2) is 109 Å². The Kier molecular flexibility index (Phi) is 22.8. The molecule has 0 saturated carbocycles. The van der Waals surface area contributed by atoms with Gasteiger partial charge in [0.05, 0.1) is 11.4 Å². The third-order valence-electron chi connectivity index (χ3n) is 7.54. The number of carboxylic acid groups (broad SMARTS) is 2. The molecule has 320 valence electrons. The average Bonchev–Trinajstić information content (AvgIpc) is 3.68. The van der Waals surface area contributed by atoms with Crippen LogP contribution in [0, 0.1) is 0 Å². The highest BCUT2D eigenvalue weighted by Gasteiger charge is 2.20. The fraction of sp³-hybridized carbons (Fsp3) is 0.275. The van der Waals surface area contributed by atoms with E-state index in [4.69, 9.17) is 14.9 Å². The van der Waals surface area contributed by atoms with Crippen LogP contribution in [0.5, 0.6) is 0 Å². The van der Waals surface area contributed by atoms with E-state index >= 15 is 0 Å². The third-order valence-corrected chi connectivity index (χ3v) is 11.0. The van der Waals surface area contributed by atoms with Crippen LogP contribution in [0.2, 0.25) is 0 Å². The number of para-hydroxylation sites is 2. The molecule has 2 unspecified atom stereocenters. The number of aliphatic carboxylic acids is 2. The molecule has 0 aliphatic heterocycles. The van der Waals surface area contributed by atoms with E-state index in [2.05, 4.69) is 36.9 Å². The normalized spacial score (nSPS) is 11.2. The summed E-state index contributed by atoms with van der Waals surface area (Å²) in [5.41, 5.74) is 5.32. The van der Waals surface area contributed by atoms with E-state index in [-0.39, 0.29) is 18.5 Å². The number of amides is 3. The number of carbonyl (C=O) groups is 5. The number of nitrogens with one attached hydrogen (secondary N) is 5. The maximum Gasteiger partial charge on any atom is 0.408 e. The van der Waals surface area contributed by atoms with Crippen molar-refractivity contribution in [1.82, 2.24) is 30.9 Å². The quantitative estimate of drug-likeness (QED) is 0.0256. The van der Waals surface area contributed by atoms with E-state index in [0.29, 0.717) is 23.9 Å². The summed E-state index contributed by atoms with van der Waals surface area (Å²) in [5, 5.41) is 39.7. The van der Waals surface area contributed by atoms with E-state index in [1.807, 2.05) is 115 Å². The molecular weight excluding hydrogens is 849 g/mol. The van der Waals surface area contributed by atoms with E-state index in [0.717, 1.165) is 39.4 Å². The van der Waals surface area contributed by atoms with Gasteiger partial charge in [-0.15, -0.1) is 5.10 Å². The number of carboxylic acids is 2. The van der Waals surface area contributed by atoms with Gasteiger partial charge in [0.15, 0.2) is 0 Å². The van der Waals surface area contributed by atoms with Crippen LogP contribution < -0.4 is 26.6 Å². The van der Waals surface area contributed by atoms with Crippen molar-refractivity contribution in [3.63, 3.8) is 0 Å². The number of hydrogen-bond donors (Lipinski definition) is 7. The first-order valence-electron chi connectivity index (χ1n) is 18.2.